The van der Waals surface area contributed by atoms with Gasteiger partial charge in [0.05, 0.1) is 0 Å². The van der Waals surface area contributed by atoms with Gasteiger partial charge in [-0.25, -0.2) is 4.98 Å². The molecule has 0 aromatic carbocycles. The van der Waals surface area contributed by atoms with E-state index in [-0.39, 0.29) is 5.91 Å². The molecular formula is C13H17BrN2O. The molecule has 1 fully saturated rings. The van der Waals surface area contributed by atoms with E-state index in [0.29, 0.717) is 11.7 Å². The van der Waals surface area contributed by atoms with Gasteiger partial charge in [0.1, 0.15) is 5.69 Å². The molecule has 1 saturated heterocycles. The number of nitrogens with zero attached hydrogens (tertiary/aromatic N) is 2. The van der Waals surface area contributed by atoms with Gasteiger partial charge >= 0.3 is 0 Å². The summed E-state index contributed by atoms with van der Waals surface area (Å²) >= 11 is 3.39. The van der Waals surface area contributed by atoms with Crippen LogP contribution in [-0.4, -0.2) is 28.4 Å². The summed E-state index contributed by atoms with van der Waals surface area (Å²) in [5.41, 5.74) is 0.529. The molecule has 0 spiro atoms. The number of rotatable bonds is 1. The van der Waals surface area contributed by atoms with Crippen LogP contribution >= 0.6 is 15.9 Å². The summed E-state index contributed by atoms with van der Waals surface area (Å²) in [6, 6.07) is 4.01. The smallest absolute Gasteiger partial charge is 0.273 e. The summed E-state index contributed by atoms with van der Waals surface area (Å²) in [5.74, 6) is 0.0480. The first kappa shape index (κ1) is 12.6. The lowest BCUT2D eigenvalue weighted by molar-refractivity contribution is 0.0691. The molecule has 0 N–H and O–H groups in total. The molecule has 0 radical (unpaired) electrons. The number of carbonyl (C=O) groups excluding carboxylic acids is 1. The summed E-state index contributed by atoms with van der Waals surface area (Å²) in [7, 11) is 0. The summed E-state index contributed by atoms with van der Waals surface area (Å²) in [4.78, 5) is 18.6. The van der Waals surface area contributed by atoms with Crippen molar-refractivity contribution in [2.24, 2.45) is 0 Å². The lowest BCUT2D eigenvalue weighted by atomic mass is 10.1. The van der Waals surface area contributed by atoms with E-state index in [0.717, 1.165) is 23.9 Å². The van der Waals surface area contributed by atoms with Gasteiger partial charge in [0.25, 0.3) is 5.91 Å². The maximum atomic E-state index is 12.4. The number of amides is 1. The zero-order chi connectivity index (χ0) is 12.3. The van der Waals surface area contributed by atoms with Crippen molar-refractivity contribution in [3.8, 4) is 0 Å². The van der Waals surface area contributed by atoms with Gasteiger partial charge in [0.15, 0.2) is 0 Å². The lowest BCUT2D eigenvalue weighted by Gasteiger charge is -2.27. The molecule has 1 aromatic heterocycles. The zero-order valence-corrected chi connectivity index (χ0v) is 11.6. The predicted molar refractivity (Wildman–Crippen MR) is 70.9 cm³/mol. The standard InChI is InChI=1S/C13H17BrN2O/c1-10-6-3-2-4-9-16(10)13(17)12-11(14)7-5-8-15-12/h5,7-8,10H,2-4,6,9H2,1H3. The van der Waals surface area contributed by atoms with Gasteiger partial charge in [-0.15, -0.1) is 0 Å². The first-order valence-corrected chi connectivity index (χ1v) is 6.91. The number of aromatic nitrogens is 1. The van der Waals surface area contributed by atoms with Crippen molar-refractivity contribution in [3.63, 3.8) is 0 Å². The van der Waals surface area contributed by atoms with Gasteiger partial charge in [-0.05, 0) is 47.8 Å². The molecule has 92 valence electrons. The average molecular weight is 297 g/mol. The molecule has 0 bridgehead atoms. The molecule has 3 nitrogen and oxygen atoms in total. The molecule has 1 amide bonds. The third kappa shape index (κ3) is 2.86. The summed E-state index contributed by atoms with van der Waals surface area (Å²) in [6.45, 7) is 2.98. The molecular weight excluding hydrogens is 280 g/mol. The minimum Gasteiger partial charge on any atom is -0.335 e. The highest BCUT2D eigenvalue weighted by Gasteiger charge is 2.25. The van der Waals surface area contributed by atoms with E-state index in [9.17, 15) is 4.79 Å². The minimum absolute atomic E-state index is 0.0480. The largest absolute Gasteiger partial charge is 0.335 e. The Morgan fingerprint density at radius 1 is 1.47 bits per heavy atom. The van der Waals surface area contributed by atoms with Gasteiger partial charge in [0.2, 0.25) is 0 Å². The topological polar surface area (TPSA) is 33.2 Å². The van der Waals surface area contributed by atoms with Crippen LogP contribution < -0.4 is 0 Å². The first-order chi connectivity index (χ1) is 8.20. The highest BCUT2D eigenvalue weighted by molar-refractivity contribution is 9.10. The molecule has 2 rings (SSSR count). The van der Waals surface area contributed by atoms with Gasteiger partial charge in [-0.1, -0.05) is 12.8 Å². The Morgan fingerprint density at radius 2 is 2.29 bits per heavy atom. The maximum absolute atomic E-state index is 12.4. The van der Waals surface area contributed by atoms with Gasteiger partial charge < -0.3 is 4.90 Å². The van der Waals surface area contributed by atoms with Gasteiger partial charge in [-0.2, -0.15) is 0 Å². The van der Waals surface area contributed by atoms with Crippen LogP contribution in [0.3, 0.4) is 0 Å². The van der Waals surface area contributed by atoms with Crippen molar-refractivity contribution in [1.29, 1.82) is 0 Å². The van der Waals surface area contributed by atoms with Crippen molar-refractivity contribution in [2.75, 3.05) is 6.54 Å². The number of pyridine rings is 1. The Labute approximate surface area is 110 Å². The van der Waals surface area contributed by atoms with Crippen LogP contribution in [0.15, 0.2) is 22.8 Å². The molecule has 1 aliphatic heterocycles. The van der Waals surface area contributed by atoms with E-state index in [2.05, 4.69) is 27.8 Å². The van der Waals surface area contributed by atoms with E-state index >= 15 is 0 Å². The van der Waals surface area contributed by atoms with E-state index in [1.807, 2.05) is 17.0 Å². The molecule has 1 unspecified atom stereocenters. The average Bonchev–Trinajstić information content (AvgIpc) is 2.54. The second-order valence-corrected chi connectivity index (χ2v) is 5.39. The van der Waals surface area contributed by atoms with Crippen LogP contribution in [0.2, 0.25) is 0 Å². The second-order valence-electron chi connectivity index (χ2n) is 4.53. The highest BCUT2D eigenvalue weighted by Crippen LogP contribution is 2.21. The number of hydrogen-bond acceptors (Lipinski definition) is 2. The number of hydrogen-bond donors (Lipinski definition) is 0. The van der Waals surface area contributed by atoms with Crippen LogP contribution in [0.4, 0.5) is 0 Å². The van der Waals surface area contributed by atoms with Crippen molar-refractivity contribution in [1.82, 2.24) is 9.88 Å². The minimum atomic E-state index is 0.0480. The fourth-order valence-corrected chi connectivity index (χ4v) is 2.68. The van der Waals surface area contributed by atoms with Crippen LogP contribution in [0, 0.1) is 0 Å². The Morgan fingerprint density at radius 3 is 3.06 bits per heavy atom. The Hall–Kier alpha value is -0.900. The first-order valence-electron chi connectivity index (χ1n) is 6.11. The van der Waals surface area contributed by atoms with E-state index in [4.69, 9.17) is 0 Å². The highest BCUT2D eigenvalue weighted by atomic mass is 79.9. The van der Waals surface area contributed by atoms with Crippen molar-refractivity contribution in [3.05, 3.63) is 28.5 Å². The van der Waals surface area contributed by atoms with Crippen LogP contribution in [0.25, 0.3) is 0 Å². The van der Waals surface area contributed by atoms with Crippen molar-refractivity contribution in [2.45, 2.75) is 38.6 Å². The molecule has 1 atom stereocenters. The number of carbonyl (C=O) groups is 1. The van der Waals surface area contributed by atoms with Gasteiger partial charge in [-0.3, -0.25) is 4.79 Å². The number of halogens is 1. The molecule has 1 aliphatic rings. The van der Waals surface area contributed by atoms with Crippen LogP contribution in [-0.2, 0) is 0 Å². The van der Waals surface area contributed by atoms with E-state index in [1.165, 1.54) is 12.8 Å². The second kappa shape index (κ2) is 5.63. The van der Waals surface area contributed by atoms with Crippen LogP contribution in [0.1, 0.15) is 43.1 Å². The Kier molecular flexibility index (Phi) is 4.15. The van der Waals surface area contributed by atoms with Crippen molar-refractivity contribution < 1.29 is 4.79 Å². The fourth-order valence-electron chi connectivity index (χ4n) is 2.26. The molecule has 0 saturated carbocycles. The third-order valence-corrected chi connectivity index (χ3v) is 3.91. The summed E-state index contributed by atoms with van der Waals surface area (Å²) in [6.07, 6.45) is 6.29. The fraction of sp³-hybridized carbons (Fsp3) is 0.538. The molecule has 1 aromatic rings. The number of likely N-dealkylation sites (tertiary alicyclic amines) is 1. The lowest BCUT2D eigenvalue weighted by Crippen LogP contribution is -2.38. The molecule has 4 heteroatoms. The summed E-state index contributed by atoms with van der Waals surface area (Å²) in [5, 5.41) is 0. The molecule has 0 aliphatic carbocycles. The Balaban J connectivity index is 2.21. The Bertz CT molecular complexity index is 408. The zero-order valence-electron chi connectivity index (χ0n) is 10.0. The quantitative estimate of drug-likeness (QED) is 0.797. The normalized spacial score (nSPS) is 21.1. The van der Waals surface area contributed by atoms with Crippen LogP contribution in [0.5, 0.6) is 0 Å². The SMILES string of the molecule is CC1CCCCCN1C(=O)c1ncccc1Br. The molecule has 2 heterocycles. The molecule has 17 heavy (non-hydrogen) atoms. The van der Waals surface area contributed by atoms with E-state index < -0.39 is 0 Å². The monoisotopic (exact) mass is 296 g/mol. The summed E-state index contributed by atoms with van der Waals surface area (Å²) < 4.78 is 0.779. The maximum Gasteiger partial charge on any atom is 0.273 e. The van der Waals surface area contributed by atoms with Crippen molar-refractivity contribution >= 4 is 21.8 Å². The predicted octanol–water partition coefficient (Wildman–Crippen LogP) is 3.25. The van der Waals surface area contributed by atoms with Gasteiger partial charge in [0, 0.05) is 23.3 Å². The van der Waals surface area contributed by atoms with E-state index in [1.54, 1.807) is 6.20 Å². The third-order valence-electron chi connectivity index (χ3n) is 3.27.